The minimum atomic E-state index is 0.00922. The maximum Gasteiger partial charge on any atom is 0.251 e. The van der Waals surface area contributed by atoms with Crippen LogP contribution in [-0.2, 0) is 11.2 Å². The molecule has 0 bridgehead atoms. The lowest BCUT2D eigenvalue weighted by molar-refractivity contribution is -0.119. The number of nitrogens with one attached hydrogen (secondary N) is 2. The first-order chi connectivity index (χ1) is 12.6. The minimum Gasteiger partial charge on any atom is -0.350 e. The van der Waals surface area contributed by atoms with Crippen molar-refractivity contribution < 1.29 is 4.79 Å². The third kappa shape index (κ3) is 3.50. The van der Waals surface area contributed by atoms with Crippen molar-refractivity contribution in [3.63, 3.8) is 0 Å². The van der Waals surface area contributed by atoms with Crippen molar-refractivity contribution in [2.45, 2.75) is 51.0 Å². The average molecular weight is 348 g/mol. The van der Waals surface area contributed by atoms with Gasteiger partial charge in [0.15, 0.2) is 0 Å². The van der Waals surface area contributed by atoms with Crippen LogP contribution in [0.2, 0.25) is 0 Å². The van der Waals surface area contributed by atoms with Crippen LogP contribution in [0, 0.1) is 0 Å². The SMILES string of the molecule is CCc1ccc(/C(=C\[C@H]2CCC(=O)N2)c2ccc(C3CC3)c(=O)[nH]2)cc1. The Balaban J connectivity index is 1.74. The Labute approximate surface area is 153 Å². The van der Waals surface area contributed by atoms with E-state index in [0.29, 0.717) is 12.3 Å². The lowest BCUT2D eigenvalue weighted by Crippen LogP contribution is -2.23. The quantitative estimate of drug-likeness (QED) is 0.868. The number of aryl methyl sites for hydroxylation is 1. The van der Waals surface area contributed by atoms with Crippen LogP contribution in [-0.4, -0.2) is 16.9 Å². The van der Waals surface area contributed by atoms with Gasteiger partial charge in [-0.15, -0.1) is 0 Å². The summed E-state index contributed by atoms with van der Waals surface area (Å²) in [5.41, 5.74) is 5.02. The Morgan fingerprint density at radius 1 is 1.08 bits per heavy atom. The Bertz CT molecular complexity index is 904. The number of pyridine rings is 1. The van der Waals surface area contributed by atoms with Gasteiger partial charge in [-0.3, -0.25) is 9.59 Å². The molecule has 1 aromatic heterocycles. The zero-order chi connectivity index (χ0) is 18.1. The van der Waals surface area contributed by atoms with E-state index < -0.39 is 0 Å². The van der Waals surface area contributed by atoms with E-state index in [9.17, 15) is 9.59 Å². The van der Waals surface area contributed by atoms with Crippen LogP contribution in [0.3, 0.4) is 0 Å². The fourth-order valence-electron chi connectivity index (χ4n) is 3.58. The predicted molar refractivity (Wildman–Crippen MR) is 103 cm³/mol. The van der Waals surface area contributed by atoms with Crippen LogP contribution in [0.4, 0.5) is 0 Å². The van der Waals surface area contributed by atoms with Crippen molar-refractivity contribution in [3.05, 3.63) is 75.2 Å². The second-order valence-electron chi connectivity index (χ2n) is 7.27. The number of aromatic amines is 1. The summed E-state index contributed by atoms with van der Waals surface area (Å²) in [6, 6.07) is 12.4. The molecule has 2 aliphatic rings. The molecular weight excluding hydrogens is 324 g/mol. The van der Waals surface area contributed by atoms with Crippen LogP contribution in [0.5, 0.6) is 0 Å². The first kappa shape index (κ1) is 16.8. The summed E-state index contributed by atoms with van der Waals surface area (Å²) in [6.45, 7) is 2.13. The standard InChI is InChI=1S/C22H24N2O2/c1-2-14-3-5-16(6-4-14)19(13-17-9-12-21(25)23-17)20-11-10-18(15-7-8-15)22(26)24-20/h3-6,10-11,13,15,17H,2,7-9,12H2,1H3,(H,23,25)(H,24,26)/b19-13+/t17-/m1/s1. The molecule has 4 heteroatoms. The summed E-state index contributed by atoms with van der Waals surface area (Å²) in [7, 11) is 0. The number of carbonyl (C=O) groups is 1. The van der Waals surface area contributed by atoms with Crippen molar-refractivity contribution in [3.8, 4) is 0 Å². The molecule has 1 aliphatic heterocycles. The molecule has 0 radical (unpaired) electrons. The number of H-pyrrole nitrogens is 1. The lowest BCUT2D eigenvalue weighted by Gasteiger charge is -2.13. The maximum absolute atomic E-state index is 12.5. The van der Waals surface area contributed by atoms with Gasteiger partial charge in [0.2, 0.25) is 5.91 Å². The monoisotopic (exact) mass is 348 g/mol. The van der Waals surface area contributed by atoms with Crippen molar-refractivity contribution in [2.75, 3.05) is 0 Å². The first-order valence-electron chi connectivity index (χ1n) is 9.48. The van der Waals surface area contributed by atoms with E-state index in [0.717, 1.165) is 48.1 Å². The van der Waals surface area contributed by atoms with E-state index in [1.54, 1.807) is 0 Å². The molecule has 4 rings (SSSR count). The van der Waals surface area contributed by atoms with Gasteiger partial charge in [-0.25, -0.2) is 0 Å². The minimum absolute atomic E-state index is 0.00922. The van der Waals surface area contributed by atoms with Gasteiger partial charge in [-0.2, -0.15) is 0 Å². The van der Waals surface area contributed by atoms with Gasteiger partial charge in [0, 0.05) is 29.3 Å². The fraction of sp³-hybridized carbons (Fsp3) is 0.364. The van der Waals surface area contributed by atoms with Gasteiger partial charge < -0.3 is 10.3 Å². The van der Waals surface area contributed by atoms with Crippen molar-refractivity contribution in [1.29, 1.82) is 0 Å². The molecular formula is C22H24N2O2. The highest BCUT2D eigenvalue weighted by molar-refractivity contribution is 5.82. The fourth-order valence-corrected chi connectivity index (χ4v) is 3.58. The molecule has 1 amide bonds. The summed E-state index contributed by atoms with van der Waals surface area (Å²) in [6.07, 6.45) is 6.63. The van der Waals surface area contributed by atoms with Crippen LogP contribution < -0.4 is 10.9 Å². The Hall–Kier alpha value is -2.62. The van der Waals surface area contributed by atoms with Gasteiger partial charge in [-0.1, -0.05) is 43.3 Å². The first-order valence-corrected chi connectivity index (χ1v) is 9.48. The molecule has 0 unspecified atom stereocenters. The molecule has 2 heterocycles. The number of carbonyl (C=O) groups excluding carboxylic acids is 1. The molecule has 2 aromatic rings. The Kier molecular flexibility index (Phi) is 4.49. The van der Waals surface area contributed by atoms with E-state index in [2.05, 4.69) is 47.6 Å². The molecule has 1 saturated carbocycles. The van der Waals surface area contributed by atoms with Gasteiger partial charge in [0.1, 0.15) is 0 Å². The number of rotatable bonds is 5. The number of amides is 1. The summed E-state index contributed by atoms with van der Waals surface area (Å²) in [5.74, 6) is 0.516. The Morgan fingerprint density at radius 3 is 2.42 bits per heavy atom. The summed E-state index contributed by atoms with van der Waals surface area (Å²) < 4.78 is 0. The van der Waals surface area contributed by atoms with E-state index in [1.165, 1.54) is 5.56 Å². The number of aromatic nitrogens is 1. The molecule has 2 fully saturated rings. The van der Waals surface area contributed by atoms with Crippen LogP contribution in [0.15, 0.2) is 47.3 Å². The summed E-state index contributed by atoms with van der Waals surface area (Å²) >= 11 is 0. The zero-order valence-electron chi connectivity index (χ0n) is 15.0. The van der Waals surface area contributed by atoms with Crippen molar-refractivity contribution in [1.82, 2.24) is 10.3 Å². The lowest BCUT2D eigenvalue weighted by atomic mass is 9.97. The second-order valence-corrected chi connectivity index (χ2v) is 7.27. The van der Waals surface area contributed by atoms with Gasteiger partial charge in [0.25, 0.3) is 5.56 Å². The van der Waals surface area contributed by atoms with Gasteiger partial charge >= 0.3 is 0 Å². The maximum atomic E-state index is 12.5. The van der Waals surface area contributed by atoms with Gasteiger partial charge in [-0.05, 0) is 48.8 Å². The number of hydrogen-bond donors (Lipinski definition) is 2. The third-order valence-electron chi connectivity index (χ3n) is 5.32. The molecule has 1 aromatic carbocycles. The molecule has 1 saturated heterocycles. The molecule has 0 spiro atoms. The van der Waals surface area contributed by atoms with Crippen LogP contribution >= 0.6 is 0 Å². The predicted octanol–water partition coefficient (Wildman–Crippen LogP) is 3.53. The van der Waals surface area contributed by atoms with Crippen molar-refractivity contribution >= 4 is 11.5 Å². The molecule has 2 N–H and O–H groups in total. The molecule has 1 aliphatic carbocycles. The highest BCUT2D eigenvalue weighted by Crippen LogP contribution is 2.38. The van der Waals surface area contributed by atoms with Crippen LogP contribution in [0.25, 0.3) is 5.57 Å². The van der Waals surface area contributed by atoms with E-state index in [-0.39, 0.29) is 17.5 Å². The number of benzene rings is 1. The third-order valence-corrected chi connectivity index (χ3v) is 5.32. The molecule has 4 nitrogen and oxygen atoms in total. The van der Waals surface area contributed by atoms with E-state index in [4.69, 9.17) is 0 Å². The summed E-state index contributed by atoms with van der Waals surface area (Å²) in [4.78, 5) is 27.1. The Morgan fingerprint density at radius 2 is 1.85 bits per heavy atom. The zero-order valence-corrected chi connectivity index (χ0v) is 15.0. The summed E-state index contributed by atoms with van der Waals surface area (Å²) in [5, 5.41) is 2.99. The second kappa shape index (κ2) is 6.94. The van der Waals surface area contributed by atoms with Gasteiger partial charge in [0.05, 0.1) is 0 Å². The highest BCUT2D eigenvalue weighted by Gasteiger charge is 2.26. The van der Waals surface area contributed by atoms with E-state index in [1.807, 2.05) is 12.1 Å². The number of hydrogen-bond acceptors (Lipinski definition) is 2. The normalized spacial score (nSPS) is 20.3. The smallest absolute Gasteiger partial charge is 0.251 e. The molecule has 26 heavy (non-hydrogen) atoms. The molecule has 134 valence electrons. The average Bonchev–Trinajstić information content (AvgIpc) is 3.41. The van der Waals surface area contributed by atoms with Crippen LogP contribution in [0.1, 0.15) is 60.9 Å². The highest BCUT2D eigenvalue weighted by atomic mass is 16.2. The topological polar surface area (TPSA) is 62.0 Å². The van der Waals surface area contributed by atoms with E-state index >= 15 is 0 Å². The largest absolute Gasteiger partial charge is 0.350 e. The molecule has 1 atom stereocenters. The van der Waals surface area contributed by atoms with Crippen molar-refractivity contribution in [2.24, 2.45) is 0 Å².